The SMILES string of the molecule is CCCN(CCC)C(=O)c1ccc(NC(=O)C(CC)(CC)CN)cc1. The Bertz CT molecular complexity index is 536. The number of anilines is 1. The van der Waals surface area contributed by atoms with Crippen molar-refractivity contribution in [2.45, 2.75) is 53.4 Å². The summed E-state index contributed by atoms with van der Waals surface area (Å²) >= 11 is 0. The van der Waals surface area contributed by atoms with Crippen LogP contribution in [0.2, 0.25) is 0 Å². The van der Waals surface area contributed by atoms with Crippen molar-refractivity contribution >= 4 is 17.5 Å². The molecule has 0 radical (unpaired) electrons. The number of hydrogen-bond donors (Lipinski definition) is 2. The van der Waals surface area contributed by atoms with E-state index in [1.807, 2.05) is 18.7 Å². The van der Waals surface area contributed by atoms with Crippen LogP contribution in [0.1, 0.15) is 63.7 Å². The van der Waals surface area contributed by atoms with Gasteiger partial charge in [-0.1, -0.05) is 27.7 Å². The fraction of sp³-hybridized carbons (Fsp3) is 0.600. The molecule has 0 aliphatic rings. The van der Waals surface area contributed by atoms with E-state index in [0.29, 0.717) is 30.6 Å². The first-order valence-corrected chi connectivity index (χ1v) is 9.38. The number of amides is 2. The van der Waals surface area contributed by atoms with Crippen LogP contribution in [0.4, 0.5) is 5.69 Å². The van der Waals surface area contributed by atoms with E-state index in [9.17, 15) is 9.59 Å². The Morgan fingerprint density at radius 3 is 1.92 bits per heavy atom. The zero-order valence-electron chi connectivity index (χ0n) is 16.1. The largest absolute Gasteiger partial charge is 0.339 e. The second kappa shape index (κ2) is 10.2. The average Bonchev–Trinajstić information content (AvgIpc) is 2.63. The predicted octanol–water partition coefficient (Wildman–Crippen LogP) is 3.65. The molecule has 1 aromatic carbocycles. The van der Waals surface area contributed by atoms with E-state index in [-0.39, 0.29) is 11.8 Å². The summed E-state index contributed by atoms with van der Waals surface area (Å²) in [6.07, 6.45) is 3.28. The van der Waals surface area contributed by atoms with Crippen molar-refractivity contribution in [2.75, 3.05) is 25.0 Å². The number of nitrogens with one attached hydrogen (secondary N) is 1. The van der Waals surface area contributed by atoms with Crippen molar-refractivity contribution in [1.29, 1.82) is 0 Å². The second-order valence-electron chi connectivity index (χ2n) is 6.52. The molecule has 0 bridgehead atoms. The minimum atomic E-state index is -0.534. The van der Waals surface area contributed by atoms with Crippen molar-refractivity contribution in [3.05, 3.63) is 29.8 Å². The fourth-order valence-corrected chi connectivity index (χ4v) is 2.95. The van der Waals surface area contributed by atoms with Gasteiger partial charge in [0.25, 0.3) is 5.91 Å². The molecular weight excluding hydrogens is 314 g/mol. The van der Waals surface area contributed by atoms with E-state index in [1.54, 1.807) is 24.3 Å². The summed E-state index contributed by atoms with van der Waals surface area (Å²) in [5.74, 6) is -0.0160. The summed E-state index contributed by atoms with van der Waals surface area (Å²) < 4.78 is 0. The van der Waals surface area contributed by atoms with Crippen LogP contribution in [0.15, 0.2) is 24.3 Å². The van der Waals surface area contributed by atoms with Crippen LogP contribution in [0.3, 0.4) is 0 Å². The third-order valence-corrected chi connectivity index (χ3v) is 4.89. The third kappa shape index (κ3) is 5.30. The molecule has 1 rings (SSSR count). The first-order valence-electron chi connectivity index (χ1n) is 9.38. The second-order valence-corrected chi connectivity index (χ2v) is 6.52. The normalized spacial score (nSPS) is 11.2. The molecule has 0 aliphatic carbocycles. The Balaban J connectivity index is 2.85. The topological polar surface area (TPSA) is 75.4 Å². The Morgan fingerprint density at radius 1 is 1.00 bits per heavy atom. The maximum absolute atomic E-state index is 12.6. The molecule has 0 spiro atoms. The maximum atomic E-state index is 12.6. The van der Waals surface area contributed by atoms with Crippen LogP contribution in [-0.2, 0) is 4.79 Å². The molecule has 0 unspecified atom stereocenters. The summed E-state index contributed by atoms with van der Waals surface area (Å²) in [7, 11) is 0. The standard InChI is InChI=1S/C20H33N3O2/c1-5-13-23(14-6-2)18(24)16-9-11-17(12-10-16)22-19(25)20(7-3,8-4)15-21/h9-12H,5-8,13-15,21H2,1-4H3,(H,22,25). The van der Waals surface area contributed by atoms with Crippen molar-refractivity contribution in [1.82, 2.24) is 4.90 Å². The van der Waals surface area contributed by atoms with E-state index in [4.69, 9.17) is 5.73 Å². The summed E-state index contributed by atoms with van der Waals surface area (Å²) in [5.41, 5.74) is 6.63. The molecule has 0 saturated heterocycles. The molecule has 0 saturated carbocycles. The zero-order valence-corrected chi connectivity index (χ0v) is 16.1. The van der Waals surface area contributed by atoms with Gasteiger partial charge in [-0.3, -0.25) is 9.59 Å². The lowest BCUT2D eigenvalue weighted by Gasteiger charge is -2.28. The summed E-state index contributed by atoms with van der Waals surface area (Å²) in [6.45, 7) is 9.95. The van der Waals surface area contributed by atoms with Gasteiger partial charge >= 0.3 is 0 Å². The molecule has 0 heterocycles. The third-order valence-electron chi connectivity index (χ3n) is 4.89. The molecule has 0 atom stereocenters. The van der Waals surface area contributed by atoms with Gasteiger partial charge < -0.3 is 16.0 Å². The molecule has 3 N–H and O–H groups in total. The first kappa shape index (κ1) is 21.2. The molecular formula is C20H33N3O2. The molecule has 140 valence electrons. The van der Waals surface area contributed by atoms with Crippen LogP contribution >= 0.6 is 0 Å². The Kier molecular flexibility index (Phi) is 8.62. The van der Waals surface area contributed by atoms with Gasteiger partial charge in [0, 0.05) is 30.9 Å². The lowest BCUT2D eigenvalue weighted by atomic mass is 9.81. The van der Waals surface area contributed by atoms with Crippen LogP contribution in [0, 0.1) is 5.41 Å². The molecule has 0 fully saturated rings. The lowest BCUT2D eigenvalue weighted by molar-refractivity contribution is -0.125. The van der Waals surface area contributed by atoms with Crippen LogP contribution in [-0.4, -0.2) is 36.3 Å². The highest BCUT2D eigenvalue weighted by molar-refractivity contribution is 5.97. The summed E-state index contributed by atoms with van der Waals surface area (Å²) in [6, 6.07) is 7.12. The van der Waals surface area contributed by atoms with Crippen LogP contribution < -0.4 is 11.1 Å². The maximum Gasteiger partial charge on any atom is 0.253 e. The molecule has 0 aliphatic heterocycles. The monoisotopic (exact) mass is 347 g/mol. The van der Waals surface area contributed by atoms with Crippen molar-refractivity contribution in [3.63, 3.8) is 0 Å². The lowest BCUT2D eigenvalue weighted by Crippen LogP contribution is -2.41. The predicted molar refractivity (Wildman–Crippen MR) is 104 cm³/mol. The van der Waals surface area contributed by atoms with Gasteiger partial charge in [0.1, 0.15) is 0 Å². The Hall–Kier alpha value is -1.88. The first-order chi connectivity index (χ1) is 12.0. The van der Waals surface area contributed by atoms with E-state index in [2.05, 4.69) is 19.2 Å². The minimum Gasteiger partial charge on any atom is -0.339 e. The number of carbonyl (C=O) groups is 2. The van der Waals surface area contributed by atoms with E-state index in [0.717, 1.165) is 25.9 Å². The number of rotatable bonds is 10. The van der Waals surface area contributed by atoms with E-state index >= 15 is 0 Å². The Morgan fingerprint density at radius 2 is 1.52 bits per heavy atom. The zero-order chi connectivity index (χ0) is 18.9. The summed E-state index contributed by atoms with van der Waals surface area (Å²) in [4.78, 5) is 27.0. The average molecular weight is 348 g/mol. The highest BCUT2D eigenvalue weighted by Gasteiger charge is 2.33. The number of nitrogens with zero attached hydrogens (tertiary/aromatic N) is 1. The molecule has 5 heteroatoms. The van der Waals surface area contributed by atoms with Crippen LogP contribution in [0.25, 0.3) is 0 Å². The molecule has 0 aromatic heterocycles. The summed E-state index contributed by atoms with van der Waals surface area (Å²) in [5, 5.41) is 2.94. The van der Waals surface area contributed by atoms with Crippen LogP contribution in [0.5, 0.6) is 0 Å². The van der Waals surface area contributed by atoms with Gasteiger partial charge in [0.2, 0.25) is 5.91 Å². The number of hydrogen-bond acceptors (Lipinski definition) is 3. The highest BCUT2D eigenvalue weighted by Crippen LogP contribution is 2.27. The highest BCUT2D eigenvalue weighted by atomic mass is 16.2. The van der Waals surface area contributed by atoms with Gasteiger partial charge in [-0.2, -0.15) is 0 Å². The van der Waals surface area contributed by atoms with Gasteiger partial charge in [0.15, 0.2) is 0 Å². The number of nitrogens with two attached hydrogens (primary N) is 1. The van der Waals surface area contributed by atoms with Crippen molar-refractivity contribution in [2.24, 2.45) is 11.1 Å². The smallest absolute Gasteiger partial charge is 0.253 e. The van der Waals surface area contributed by atoms with Gasteiger partial charge in [-0.25, -0.2) is 0 Å². The fourth-order valence-electron chi connectivity index (χ4n) is 2.95. The van der Waals surface area contributed by atoms with E-state index < -0.39 is 5.41 Å². The quantitative estimate of drug-likeness (QED) is 0.678. The number of carbonyl (C=O) groups excluding carboxylic acids is 2. The van der Waals surface area contributed by atoms with E-state index in [1.165, 1.54) is 0 Å². The van der Waals surface area contributed by atoms with Gasteiger partial charge in [-0.15, -0.1) is 0 Å². The number of benzene rings is 1. The van der Waals surface area contributed by atoms with Crippen molar-refractivity contribution < 1.29 is 9.59 Å². The van der Waals surface area contributed by atoms with Crippen molar-refractivity contribution in [3.8, 4) is 0 Å². The Labute approximate surface area is 152 Å². The molecule has 2 amide bonds. The van der Waals surface area contributed by atoms with Gasteiger partial charge in [-0.05, 0) is 49.9 Å². The minimum absolute atomic E-state index is 0.0417. The molecule has 1 aromatic rings. The molecule has 5 nitrogen and oxygen atoms in total. The van der Waals surface area contributed by atoms with Gasteiger partial charge in [0.05, 0.1) is 5.41 Å². The molecule has 25 heavy (non-hydrogen) atoms.